The van der Waals surface area contributed by atoms with E-state index in [4.69, 9.17) is 4.42 Å². The molecule has 9 aromatic carbocycles. The van der Waals surface area contributed by atoms with Gasteiger partial charge in [-0.3, -0.25) is 0 Å². The topological polar surface area (TPSA) is 16.4 Å². The van der Waals surface area contributed by atoms with Crippen LogP contribution in [0.1, 0.15) is 25.0 Å². The van der Waals surface area contributed by atoms with Gasteiger partial charge >= 0.3 is 0 Å². The fourth-order valence-electron chi connectivity index (χ4n) is 9.21. The van der Waals surface area contributed by atoms with Crippen molar-refractivity contribution in [2.45, 2.75) is 19.3 Å². The summed E-state index contributed by atoms with van der Waals surface area (Å²) in [5, 5.41) is 4.55. The van der Waals surface area contributed by atoms with Gasteiger partial charge in [0.05, 0.1) is 5.69 Å². The summed E-state index contributed by atoms with van der Waals surface area (Å²) in [6.07, 6.45) is 0. The number of nitrogens with zero attached hydrogens (tertiary/aromatic N) is 1. The minimum atomic E-state index is -0.136. The van der Waals surface area contributed by atoms with Crippen molar-refractivity contribution in [2.75, 3.05) is 4.90 Å². The molecule has 0 atom stereocenters. The van der Waals surface area contributed by atoms with Crippen molar-refractivity contribution in [3.8, 4) is 44.5 Å². The molecule has 1 heterocycles. The van der Waals surface area contributed by atoms with Crippen molar-refractivity contribution in [1.82, 2.24) is 0 Å². The van der Waals surface area contributed by atoms with Crippen LogP contribution in [0.5, 0.6) is 0 Å². The summed E-state index contributed by atoms with van der Waals surface area (Å²) in [4.78, 5) is 2.43. The zero-order valence-corrected chi connectivity index (χ0v) is 31.9. The summed E-state index contributed by atoms with van der Waals surface area (Å²) in [5.74, 6) is 0. The zero-order chi connectivity index (χ0) is 38.1. The molecule has 2 heteroatoms. The quantitative estimate of drug-likeness (QED) is 0.169. The van der Waals surface area contributed by atoms with Crippen LogP contribution in [0.3, 0.4) is 0 Å². The molecule has 0 unspecified atom stereocenters. The van der Waals surface area contributed by atoms with E-state index in [1.54, 1.807) is 0 Å². The van der Waals surface area contributed by atoms with Crippen LogP contribution >= 0.6 is 0 Å². The molecule has 57 heavy (non-hydrogen) atoms. The number of anilines is 3. The van der Waals surface area contributed by atoms with Crippen molar-refractivity contribution in [3.63, 3.8) is 0 Å². The first-order valence-corrected chi connectivity index (χ1v) is 19.8. The highest BCUT2D eigenvalue weighted by molar-refractivity contribution is 6.17. The van der Waals surface area contributed by atoms with Crippen molar-refractivity contribution in [3.05, 3.63) is 211 Å². The smallest absolute Gasteiger partial charge is 0.143 e. The molecule has 2 nitrogen and oxygen atoms in total. The van der Waals surface area contributed by atoms with E-state index in [-0.39, 0.29) is 5.41 Å². The Kier molecular flexibility index (Phi) is 7.55. The van der Waals surface area contributed by atoms with Gasteiger partial charge in [0.2, 0.25) is 0 Å². The number of furan rings is 1. The molecular formula is C55H39NO. The molecule has 0 bridgehead atoms. The van der Waals surface area contributed by atoms with E-state index in [1.165, 1.54) is 49.9 Å². The van der Waals surface area contributed by atoms with E-state index < -0.39 is 0 Å². The van der Waals surface area contributed by atoms with Crippen LogP contribution < -0.4 is 4.90 Å². The second kappa shape index (κ2) is 13.0. The molecule has 0 radical (unpaired) electrons. The Hall–Kier alpha value is -7.16. The third-order valence-electron chi connectivity index (χ3n) is 12.1. The number of benzene rings is 9. The normalized spacial score (nSPS) is 12.9. The van der Waals surface area contributed by atoms with Gasteiger partial charge in [0.25, 0.3) is 0 Å². The lowest BCUT2D eigenvalue weighted by atomic mass is 9.82. The highest BCUT2D eigenvalue weighted by atomic mass is 16.3. The molecule has 10 aromatic rings. The highest BCUT2D eigenvalue weighted by Gasteiger charge is 2.36. The molecule has 11 rings (SSSR count). The van der Waals surface area contributed by atoms with Gasteiger partial charge < -0.3 is 9.32 Å². The van der Waals surface area contributed by atoms with Gasteiger partial charge in [0, 0.05) is 44.1 Å². The van der Waals surface area contributed by atoms with Crippen LogP contribution in [0.2, 0.25) is 0 Å². The molecule has 1 aliphatic rings. The van der Waals surface area contributed by atoms with E-state index in [9.17, 15) is 0 Å². The van der Waals surface area contributed by atoms with Gasteiger partial charge in [-0.25, -0.2) is 0 Å². The molecule has 270 valence electrons. The van der Waals surface area contributed by atoms with Gasteiger partial charge in [-0.05, 0) is 92.4 Å². The SMILES string of the molecule is CC1(C)c2ccccc2-c2ccc(N(c3ccc(-c4cccc(-c5ccccc5)c4)cc3)c3ccccc3-c3cccc4c3oc3c5ccccc5ccc43)cc21. The second-order valence-electron chi connectivity index (χ2n) is 15.7. The Morgan fingerprint density at radius 1 is 0.368 bits per heavy atom. The lowest BCUT2D eigenvalue weighted by Gasteiger charge is -2.30. The van der Waals surface area contributed by atoms with Crippen LogP contribution in [-0.2, 0) is 5.41 Å². The van der Waals surface area contributed by atoms with Crippen molar-refractivity contribution in [1.29, 1.82) is 0 Å². The summed E-state index contributed by atoms with van der Waals surface area (Å²) >= 11 is 0. The number of para-hydroxylation sites is 2. The predicted molar refractivity (Wildman–Crippen MR) is 240 cm³/mol. The second-order valence-corrected chi connectivity index (χ2v) is 15.7. The van der Waals surface area contributed by atoms with Crippen molar-refractivity contribution in [2.24, 2.45) is 0 Å². The molecule has 0 amide bonds. The van der Waals surface area contributed by atoms with Crippen molar-refractivity contribution < 1.29 is 4.42 Å². The maximum Gasteiger partial charge on any atom is 0.143 e. The van der Waals surface area contributed by atoms with Gasteiger partial charge in [-0.2, -0.15) is 0 Å². The van der Waals surface area contributed by atoms with Gasteiger partial charge in [-0.15, -0.1) is 0 Å². The fourth-order valence-corrected chi connectivity index (χ4v) is 9.21. The largest absolute Gasteiger partial charge is 0.455 e. The average Bonchev–Trinajstić information content (AvgIpc) is 3.77. The average molecular weight is 730 g/mol. The zero-order valence-electron chi connectivity index (χ0n) is 31.9. The van der Waals surface area contributed by atoms with E-state index in [0.717, 1.165) is 55.5 Å². The van der Waals surface area contributed by atoms with Gasteiger partial charge in [-0.1, -0.05) is 172 Å². The standard InChI is InChI=1S/C55H39NO/c1-55(2)50-24-10-8-20-44(50)45-33-31-42(35-51(45)55)56(41-29-26-37(27-30-41)40-18-12-17-39(34-40)36-14-4-3-5-15-36)52-25-11-9-21-46(52)47-22-13-23-48-49-32-28-38-16-6-7-19-43(38)53(49)57-54(47)48/h3-35H,1-2H3. The van der Waals surface area contributed by atoms with Crippen LogP contribution in [-0.4, -0.2) is 0 Å². The maximum atomic E-state index is 6.91. The first kappa shape index (κ1) is 33.2. The number of hydrogen-bond acceptors (Lipinski definition) is 2. The molecule has 0 fully saturated rings. The lowest BCUT2D eigenvalue weighted by Crippen LogP contribution is -2.16. The molecular weight excluding hydrogens is 691 g/mol. The Labute approximate surface area is 332 Å². The number of hydrogen-bond donors (Lipinski definition) is 0. The van der Waals surface area contributed by atoms with Crippen LogP contribution in [0.15, 0.2) is 205 Å². The summed E-state index contributed by atoms with van der Waals surface area (Å²) in [7, 11) is 0. The first-order valence-electron chi connectivity index (χ1n) is 19.8. The Morgan fingerprint density at radius 3 is 1.81 bits per heavy atom. The summed E-state index contributed by atoms with van der Waals surface area (Å²) in [6, 6.07) is 72.5. The molecule has 1 aliphatic carbocycles. The minimum Gasteiger partial charge on any atom is -0.455 e. The van der Waals surface area contributed by atoms with Crippen LogP contribution in [0, 0.1) is 0 Å². The van der Waals surface area contributed by atoms with Gasteiger partial charge in [0.1, 0.15) is 11.2 Å². The Bertz CT molecular complexity index is 3150. The van der Waals surface area contributed by atoms with E-state index in [0.29, 0.717) is 0 Å². The summed E-state index contributed by atoms with van der Waals surface area (Å²) in [5.41, 5.74) is 17.3. The number of fused-ring (bicyclic) bond motifs is 8. The van der Waals surface area contributed by atoms with Gasteiger partial charge in [0.15, 0.2) is 0 Å². The van der Waals surface area contributed by atoms with Crippen LogP contribution in [0.4, 0.5) is 17.1 Å². The molecule has 0 aliphatic heterocycles. The monoisotopic (exact) mass is 729 g/mol. The molecule has 0 saturated heterocycles. The van der Waals surface area contributed by atoms with Crippen molar-refractivity contribution >= 4 is 49.8 Å². The fraction of sp³-hybridized carbons (Fsp3) is 0.0545. The number of rotatable bonds is 6. The molecule has 0 saturated carbocycles. The molecule has 0 N–H and O–H groups in total. The van der Waals surface area contributed by atoms with Crippen LogP contribution in [0.25, 0.3) is 77.2 Å². The Morgan fingerprint density at radius 2 is 0.965 bits per heavy atom. The third kappa shape index (κ3) is 5.33. The molecule has 0 spiro atoms. The first-order chi connectivity index (χ1) is 28.0. The summed E-state index contributed by atoms with van der Waals surface area (Å²) < 4.78 is 6.91. The lowest BCUT2D eigenvalue weighted by molar-refractivity contribution is 0.660. The van der Waals surface area contributed by atoms with E-state index in [1.807, 2.05) is 0 Å². The van der Waals surface area contributed by atoms with E-state index >= 15 is 0 Å². The highest BCUT2D eigenvalue weighted by Crippen LogP contribution is 2.52. The third-order valence-corrected chi connectivity index (χ3v) is 12.1. The van der Waals surface area contributed by atoms with E-state index in [2.05, 4.69) is 219 Å². The predicted octanol–water partition coefficient (Wildman–Crippen LogP) is 15.5. The Balaban J connectivity index is 1.09. The minimum absolute atomic E-state index is 0.136. The summed E-state index contributed by atoms with van der Waals surface area (Å²) in [6.45, 7) is 4.70. The maximum absolute atomic E-state index is 6.91. The molecule has 1 aromatic heterocycles.